The number of para-hydroxylation sites is 1. The quantitative estimate of drug-likeness (QED) is 0.449. The third kappa shape index (κ3) is 5.03. The zero-order chi connectivity index (χ0) is 20.1. The first-order chi connectivity index (χ1) is 13.4. The Morgan fingerprint density at radius 3 is 2.82 bits per heavy atom. The van der Waals surface area contributed by atoms with E-state index < -0.39 is 0 Å². The van der Waals surface area contributed by atoms with Gasteiger partial charge in [0.15, 0.2) is 11.8 Å². The highest BCUT2D eigenvalue weighted by Crippen LogP contribution is 2.39. The zero-order valence-corrected chi connectivity index (χ0v) is 17.5. The molecule has 1 aliphatic rings. The minimum atomic E-state index is -0.225. The summed E-state index contributed by atoms with van der Waals surface area (Å²) < 4.78 is 11.4. The molecule has 2 heterocycles. The lowest BCUT2D eigenvalue weighted by molar-refractivity contribution is 0.0694. The van der Waals surface area contributed by atoms with Crippen molar-refractivity contribution in [1.82, 2.24) is 20.8 Å². The molecule has 0 saturated carbocycles. The molecule has 28 heavy (non-hydrogen) atoms. The van der Waals surface area contributed by atoms with E-state index >= 15 is 0 Å². The van der Waals surface area contributed by atoms with Crippen LogP contribution in [0, 0.1) is 0 Å². The van der Waals surface area contributed by atoms with Crippen molar-refractivity contribution in [3.63, 3.8) is 0 Å². The average molecular weight is 386 g/mol. The van der Waals surface area contributed by atoms with Crippen LogP contribution < -0.4 is 15.4 Å². The van der Waals surface area contributed by atoms with Crippen LogP contribution in [-0.4, -0.2) is 35.3 Å². The van der Waals surface area contributed by atoms with E-state index in [2.05, 4.69) is 59.5 Å². The van der Waals surface area contributed by atoms with Gasteiger partial charge in [-0.15, -0.1) is 0 Å². The maximum atomic E-state index is 6.11. The molecular formula is C21H31N5O2. The van der Waals surface area contributed by atoms with Gasteiger partial charge in [0, 0.05) is 37.9 Å². The number of benzene rings is 1. The predicted octanol–water partition coefficient (Wildman–Crippen LogP) is 3.59. The van der Waals surface area contributed by atoms with Crippen molar-refractivity contribution in [2.45, 2.75) is 64.5 Å². The van der Waals surface area contributed by atoms with E-state index in [0.717, 1.165) is 48.9 Å². The second-order valence-electron chi connectivity index (χ2n) is 8.10. The van der Waals surface area contributed by atoms with Gasteiger partial charge in [0.25, 0.3) is 0 Å². The summed E-state index contributed by atoms with van der Waals surface area (Å²) in [5.74, 6) is 3.45. The van der Waals surface area contributed by atoms with Crippen molar-refractivity contribution in [1.29, 1.82) is 0 Å². The Morgan fingerprint density at radius 2 is 2.11 bits per heavy atom. The van der Waals surface area contributed by atoms with Crippen LogP contribution in [-0.2, 0) is 6.42 Å². The minimum absolute atomic E-state index is 0.149. The summed E-state index contributed by atoms with van der Waals surface area (Å²) in [7, 11) is 1.79. The summed E-state index contributed by atoms with van der Waals surface area (Å²) in [6, 6.07) is 8.33. The molecule has 1 aliphatic heterocycles. The van der Waals surface area contributed by atoms with Crippen LogP contribution in [0.15, 0.2) is 33.8 Å². The first-order valence-corrected chi connectivity index (χ1v) is 9.95. The molecule has 2 N–H and O–H groups in total. The van der Waals surface area contributed by atoms with Crippen molar-refractivity contribution in [3.05, 3.63) is 41.5 Å². The second-order valence-corrected chi connectivity index (χ2v) is 8.10. The Balaban J connectivity index is 1.53. The van der Waals surface area contributed by atoms with E-state index in [1.54, 1.807) is 7.05 Å². The van der Waals surface area contributed by atoms with Crippen molar-refractivity contribution < 1.29 is 9.26 Å². The number of nitrogens with zero attached hydrogens (tertiary/aromatic N) is 3. The molecule has 3 rings (SSSR count). The first-order valence-electron chi connectivity index (χ1n) is 9.95. The van der Waals surface area contributed by atoms with E-state index in [1.165, 1.54) is 0 Å². The molecule has 0 amide bonds. The molecule has 1 aromatic heterocycles. The van der Waals surface area contributed by atoms with Crippen LogP contribution in [0.3, 0.4) is 0 Å². The minimum Gasteiger partial charge on any atom is -0.487 e. The monoisotopic (exact) mass is 385 g/mol. The van der Waals surface area contributed by atoms with Crippen LogP contribution in [0.25, 0.3) is 0 Å². The second kappa shape index (κ2) is 8.63. The highest BCUT2D eigenvalue weighted by atomic mass is 16.5. The predicted molar refractivity (Wildman–Crippen MR) is 110 cm³/mol. The summed E-state index contributed by atoms with van der Waals surface area (Å²) in [6.45, 7) is 9.11. The van der Waals surface area contributed by atoms with Gasteiger partial charge in [-0.2, -0.15) is 4.98 Å². The Bertz CT molecular complexity index is 813. The van der Waals surface area contributed by atoms with Gasteiger partial charge in [-0.05, 0) is 26.3 Å². The van der Waals surface area contributed by atoms with Gasteiger partial charge >= 0.3 is 0 Å². The largest absolute Gasteiger partial charge is 0.487 e. The number of hydrogen-bond donors (Lipinski definition) is 2. The molecule has 0 aliphatic carbocycles. The summed E-state index contributed by atoms with van der Waals surface area (Å²) in [6.07, 6.45) is 2.50. The fourth-order valence-electron chi connectivity index (χ4n) is 3.34. The molecule has 1 unspecified atom stereocenters. The normalized spacial score (nSPS) is 18.5. The number of hydrogen-bond acceptors (Lipinski definition) is 5. The number of aliphatic imine (C=N–C) groups is 1. The first kappa shape index (κ1) is 20.2. The molecule has 152 valence electrons. The molecule has 0 bridgehead atoms. The van der Waals surface area contributed by atoms with Crippen LogP contribution >= 0.6 is 0 Å². The molecular weight excluding hydrogens is 354 g/mol. The van der Waals surface area contributed by atoms with E-state index in [1.807, 2.05) is 18.2 Å². The lowest BCUT2D eigenvalue weighted by atomic mass is 9.90. The van der Waals surface area contributed by atoms with Crippen molar-refractivity contribution in [2.24, 2.45) is 4.99 Å². The highest BCUT2D eigenvalue weighted by Gasteiger charge is 2.33. The summed E-state index contributed by atoms with van der Waals surface area (Å²) in [5.41, 5.74) is 0.939. The Morgan fingerprint density at radius 1 is 1.32 bits per heavy atom. The fourth-order valence-corrected chi connectivity index (χ4v) is 3.34. The Labute approximate surface area is 167 Å². The van der Waals surface area contributed by atoms with Gasteiger partial charge in [0.1, 0.15) is 11.4 Å². The Kier molecular flexibility index (Phi) is 6.21. The smallest absolute Gasteiger partial charge is 0.226 e. The van der Waals surface area contributed by atoms with Crippen molar-refractivity contribution >= 4 is 5.96 Å². The fraction of sp³-hybridized carbons (Fsp3) is 0.571. The number of aryl methyl sites for hydroxylation is 1. The van der Waals surface area contributed by atoms with E-state index in [-0.39, 0.29) is 17.6 Å². The van der Waals surface area contributed by atoms with Crippen LogP contribution in [0.4, 0.5) is 0 Å². The standard InChI is InChI=1S/C21H31N5O2/c1-14(2)19-25-18(28-26-19)11-8-12-23-20(22-5)24-16-13-21(3,4)27-17-10-7-6-9-15(16)17/h6-7,9-10,14,16H,8,11-13H2,1-5H3,(H2,22,23,24). The van der Waals surface area contributed by atoms with Gasteiger partial charge in [0.2, 0.25) is 5.89 Å². The third-order valence-corrected chi connectivity index (χ3v) is 4.77. The molecule has 0 fully saturated rings. The lowest BCUT2D eigenvalue weighted by Gasteiger charge is -2.38. The number of aromatic nitrogens is 2. The maximum Gasteiger partial charge on any atom is 0.226 e. The van der Waals surface area contributed by atoms with Crippen molar-refractivity contribution in [3.8, 4) is 5.75 Å². The molecule has 0 radical (unpaired) electrons. The van der Waals surface area contributed by atoms with Gasteiger partial charge < -0.3 is 19.9 Å². The lowest BCUT2D eigenvalue weighted by Crippen LogP contribution is -2.45. The van der Waals surface area contributed by atoms with E-state index in [4.69, 9.17) is 9.26 Å². The Hall–Kier alpha value is -2.57. The maximum absolute atomic E-state index is 6.11. The number of nitrogens with one attached hydrogen (secondary N) is 2. The molecule has 1 atom stereocenters. The number of fused-ring (bicyclic) bond motifs is 1. The average Bonchev–Trinajstić information content (AvgIpc) is 3.12. The van der Waals surface area contributed by atoms with Gasteiger partial charge in [-0.25, -0.2) is 0 Å². The zero-order valence-electron chi connectivity index (χ0n) is 17.5. The summed E-state index contributed by atoms with van der Waals surface area (Å²) in [5, 5.41) is 10.9. The molecule has 0 spiro atoms. The summed E-state index contributed by atoms with van der Waals surface area (Å²) >= 11 is 0. The van der Waals surface area contributed by atoms with Crippen LogP contribution in [0.1, 0.15) is 69.8 Å². The SMILES string of the molecule is CN=C(NCCCc1nc(C(C)C)no1)NC1CC(C)(C)Oc2ccccc21. The molecule has 2 aromatic rings. The third-order valence-electron chi connectivity index (χ3n) is 4.77. The number of ether oxygens (including phenoxy) is 1. The highest BCUT2D eigenvalue weighted by molar-refractivity contribution is 5.80. The molecule has 7 nitrogen and oxygen atoms in total. The molecule has 0 saturated heterocycles. The van der Waals surface area contributed by atoms with Crippen LogP contribution in [0.2, 0.25) is 0 Å². The van der Waals surface area contributed by atoms with Gasteiger partial charge in [-0.1, -0.05) is 37.2 Å². The van der Waals surface area contributed by atoms with Gasteiger partial charge in [-0.3, -0.25) is 4.99 Å². The number of guanidine groups is 1. The van der Waals surface area contributed by atoms with E-state index in [9.17, 15) is 0 Å². The van der Waals surface area contributed by atoms with Crippen LogP contribution in [0.5, 0.6) is 5.75 Å². The molecule has 7 heteroatoms. The van der Waals surface area contributed by atoms with Gasteiger partial charge in [0.05, 0.1) is 6.04 Å². The number of rotatable bonds is 6. The molecule has 1 aromatic carbocycles. The van der Waals surface area contributed by atoms with E-state index in [0.29, 0.717) is 5.89 Å². The summed E-state index contributed by atoms with van der Waals surface area (Å²) in [4.78, 5) is 8.79. The topological polar surface area (TPSA) is 84.6 Å². The van der Waals surface area contributed by atoms with Crippen molar-refractivity contribution in [2.75, 3.05) is 13.6 Å².